The van der Waals surface area contributed by atoms with E-state index >= 15 is 0 Å². The van der Waals surface area contributed by atoms with Crippen LogP contribution in [0.4, 0.5) is 5.82 Å². The second-order valence-electron chi connectivity index (χ2n) is 7.90. The standard InChI is InChI=1S/C24H26N4O4/c1-14(2)13-28-23-20(11-15-8-17(30-3)6-7-21(15)25-23)22(27-28)26-24(29)16-9-18(31-4)12-19(10-16)32-5/h6-12,14H,13H2,1-5H3,(H,26,27,29). The molecule has 166 valence electrons. The molecule has 8 nitrogen and oxygen atoms in total. The number of aromatic nitrogens is 3. The predicted molar refractivity (Wildman–Crippen MR) is 124 cm³/mol. The van der Waals surface area contributed by atoms with Crippen molar-refractivity contribution in [3.63, 3.8) is 0 Å². The number of methoxy groups -OCH3 is 3. The van der Waals surface area contributed by atoms with Crippen LogP contribution in [0.1, 0.15) is 24.2 Å². The molecule has 0 aliphatic heterocycles. The minimum absolute atomic E-state index is 0.316. The maximum atomic E-state index is 13.1. The molecule has 8 heteroatoms. The number of hydrogen-bond donors (Lipinski definition) is 1. The van der Waals surface area contributed by atoms with E-state index in [9.17, 15) is 4.79 Å². The van der Waals surface area contributed by atoms with Gasteiger partial charge in [-0.3, -0.25) is 4.79 Å². The second kappa shape index (κ2) is 8.74. The lowest BCUT2D eigenvalue weighted by Gasteiger charge is -2.08. The lowest BCUT2D eigenvalue weighted by molar-refractivity contribution is 0.102. The summed E-state index contributed by atoms with van der Waals surface area (Å²) in [5.41, 5.74) is 1.96. The topological polar surface area (TPSA) is 87.5 Å². The van der Waals surface area contributed by atoms with Crippen LogP contribution in [0, 0.1) is 5.92 Å². The van der Waals surface area contributed by atoms with Crippen molar-refractivity contribution in [3.05, 3.63) is 48.0 Å². The average Bonchev–Trinajstić information content (AvgIpc) is 3.11. The number of hydrogen-bond acceptors (Lipinski definition) is 6. The van der Waals surface area contributed by atoms with E-state index in [1.54, 1.807) is 39.5 Å². The number of ether oxygens (including phenoxy) is 3. The molecular formula is C24H26N4O4. The molecule has 0 fully saturated rings. The van der Waals surface area contributed by atoms with Crippen LogP contribution in [0.25, 0.3) is 21.9 Å². The van der Waals surface area contributed by atoms with Gasteiger partial charge in [0.1, 0.15) is 17.2 Å². The summed E-state index contributed by atoms with van der Waals surface area (Å²) in [6, 6.07) is 12.7. The number of nitrogens with one attached hydrogen (secondary N) is 1. The van der Waals surface area contributed by atoms with E-state index in [-0.39, 0.29) is 5.91 Å². The summed E-state index contributed by atoms with van der Waals surface area (Å²) >= 11 is 0. The number of carbonyl (C=O) groups is 1. The van der Waals surface area contributed by atoms with Gasteiger partial charge < -0.3 is 19.5 Å². The van der Waals surface area contributed by atoms with E-state index in [1.165, 1.54) is 0 Å². The summed E-state index contributed by atoms with van der Waals surface area (Å²) in [6.45, 7) is 4.90. The van der Waals surface area contributed by atoms with Crippen molar-refractivity contribution in [2.45, 2.75) is 20.4 Å². The first-order valence-electron chi connectivity index (χ1n) is 10.3. The van der Waals surface area contributed by atoms with Crippen molar-refractivity contribution in [2.24, 2.45) is 5.92 Å². The highest BCUT2D eigenvalue weighted by molar-refractivity contribution is 6.09. The van der Waals surface area contributed by atoms with Gasteiger partial charge in [0.15, 0.2) is 11.5 Å². The number of carbonyl (C=O) groups excluding carboxylic acids is 1. The number of amides is 1. The normalized spacial score (nSPS) is 11.2. The van der Waals surface area contributed by atoms with Crippen LogP contribution >= 0.6 is 0 Å². The number of anilines is 1. The molecule has 1 N–H and O–H groups in total. The molecule has 0 spiro atoms. The van der Waals surface area contributed by atoms with Gasteiger partial charge in [-0.2, -0.15) is 5.10 Å². The number of benzene rings is 2. The molecule has 0 bridgehead atoms. The van der Waals surface area contributed by atoms with Crippen molar-refractivity contribution in [1.29, 1.82) is 0 Å². The predicted octanol–water partition coefficient (Wildman–Crippen LogP) is 4.52. The van der Waals surface area contributed by atoms with E-state index < -0.39 is 0 Å². The Balaban J connectivity index is 1.80. The molecule has 2 heterocycles. The highest BCUT2D eigenvalue weighted by Gasteiger charge is 2.18. The zero-order chi connectivity index (χ0) is 22.8. The lowest BCUT2D eigenvalue weighted by atomic mass is 10.1. The zero-order valence-corrected chi connectivity index (χ0v) is 18.8. The summed E-state index contributed by atoms with van der Waals surface area (Å²) in [5.74, 6) is 2.29. The Hall–Kier alpha value is -3.81. The van der Waals surface area contributed by atoms with E-state index in [4.69, 9.17) is 19.2 Å². The number of nitrogens with zero attached hydrogens (tertiary/aromatic N) is 3. The van der Waals surface area contributed by atoms with Gasteiger partial charge in [-0.05, 0) is 42.3 Å². The molecule has 4 rings (SSSR count). The van der Waals surface area contributed by atoms with Gasteiger partial charge >= 0.3 is 0 Å². The molecule has 32 heavy (non-hydrogen) atoms. The first-order valence-corrected chi connectivity index (χ1v) is 10.3. The average molecular weight is 434 g/mol. The van der Waals surface area contributed by atoms with Crippen molar-refractivity contribution < 1.29 is 19.0 Å². The van der Waals surface area contributed by atoms with Crippen molar-refractivity contribution >= 4 is 33.7 Å². The van der Waals surface area contributed by atoms with Crippen LogP contribution in [-0.2, 0) is 6.54 Å². The molecular weight excluding hydrogens is 408 g/mol. The highest BCUT2D eigenvalue weighted by atomic mass is 16.5. The fraction of sp³-hybridized carbons (Fsp3) is 0.292. The fourth-order valence-corrected chi connectivity index (χ4v) is 3.55. The van der Waals surface area contributed by atoms with Crippen molar-refractivity contribution in [2.75, 3.05) is 26.6 Å². The largest absolute Gasteiger partial charge is 0.497 e. The van der Waals surface area contributed by atoms with Gasteiger partial charge in [-0.25, -0.2) is 9.67 Å². The van der Waals surface area contributed by atoms with Gasteiger partial charge in [-0.15, -0.1) is 0 Å². The fourth-order valence-electron chi connectivity index (χ4n) is 3.55. The smallest absolute Gasteiger partial charge is 0.257 e. The first kappa shape index (κ1) is 21.4. The number of pyridine rings is 1. The molecule has 0 saturated carbocycles. The minimum Gasteiger partial charge on any atom is -0.497 e. The SMILES string of the molecule is COc1cc(OC)cc(C(=O)Nc2nn(CC(C)C)c3nc4ccc(OC)cc4cc23)c1. The van der Waals surface area contributed by atoms with Crippen LogP contribution in [-0.4, -0.2) is 42.0 Å². The van der Waals surface area contributed by atoms with Crippen LogP contribution in [0.2, 0.25) is 0 Å². The van der Waals surface area contributed by atoms with Gasteiger partial charge in [0.25, 0.3) is 5.91 Å². The van der Waals surface area contributed by atoms with Crippen LogP contribution in [0.5, 0.6) is 17.2 Å². The Morgan fingerprint density at radius 2 is 1.66 bits per heavy atom. The Morgan fingerprint density at radius 3 is 2.28 bits per heavy atom. The lowest BCUT2D eigenvalue weighted by Crippen LogP contribution is -2.13. The molecule has 0 radical (unpaired) electrons. The molecule has 0 aliphatic rings. The summed E-state index contributed by atoms with van der Waals surface area (Å²) in [5, 5.41) is 9.27. The summed E-state index contributed by atoms with van der Waals surface area (Å²) in [7, 11) is 4.72. The molecule has 1 amide bonds. The van der Waals surface area contributed by atoms with Crippen LogP contribution < -0.4 is 19.5 Å². The Labute approximate surface area is 186 Å². The maximum absolute atomic E-state index is 13.1. The van der Waals surface area contributed by atoms with E-state index in [0.717, 1.165) is 27.7 Å². The molecule has 2 aromatic carbocycles. The monoisotopic (exact) mass is 434 g/mol. The third-order valence-corrected chi connectivity index (χ3v) is 5.11. The van der Waals surface area contributed by atoms with Gasteiger partial charge in [0, 0.05) is 23.6 Å². The van der Waals surface area contributed by atoms with Gasteiger partial charge in [0.2, 0.25) is 0 Å². The third kappa shape index (κ3) is 4.16. The summed E-state index contributed by atoms with van der Waals surface area (Å²) in [4.78, 5) is 17.9. The number of rotatable bonds is 7. The molecule has 0 saturated heterocycles. The van der Waals surface area contributed by atoms with Crippen molar-refractivity contribution in [3.8, 4) is 17.2 Å². The van der Waals surface area contributed by atoms with E-state index in [1.807, 2.05) is 28.9 Å². The Bertz CT molecular complexity index is 1270. The van der Waals surface area contributed by atoms with E-state index in [2.05, 4.69) is 24.3 Å². The maximum Gasteiger partial charge on any atom is 0.257 e. The summed E-state index contributed by atoms with van der Waals surface area (Å²) < 4.78 is 17.8. The Morgan fingerprint density at radius 1 is 0.969 bits per heavy atom. The number of fused-ring (bicyclic) bond motifs is 2. The molecule has 0 atom stereocenters. The van der Waals surface area contributed by atoms with E-state index in [0.29, 0.717) is 35.3 Å². The van der Waals surface area contributed by atoms with Gasteiger partial charge in [0.05, 0.1) is 32.2 Å². The molecule has 0 unspecified atom stereocenters. The first-order chi connectivity index (χ1) is 15.4. The minimum atomic E-state index is -0.316. The Kier molecular flexibility index (Phi) is 5.85. The summed E-state index contributed by atoms with van der Waals surface area (Å²) in [6.07, 6.45) is 0. The molecule has 4 aromatic rings. The molecule has 2 aromatic heterocycles. The van der Waals surface area contributed by atoms with Gasteiger partial charge in [-0.1, -0.05) is 13.8 Å². The van der Waals surface area contributed by atoms with Crippen molar-refractivity contribution in [1.82, 2.24) is 14.8 Å². The highest BCUT2D eigenvalue weighted by Crippen LogP contribution is 2.29. The second-order valence-corrected chi connectivity index (χ2v) is 7.90. The van der Waals surface area contributed by atoms with Crippen LogP contribution in [0.15, 0.2) is 42.5 Å². The third-order valence-electron chi connectivity index (χ3n) is 5.11. The zero-order valence-electron chi connectivity index (χ0n) is 18.8. The van der Waals surface area contributed by atoms with Crippen LogP contribution in [0.3, 0.4) is 0 Å². The quantitative estimate of drug-likeness (QED) is 0.460. The molecule has 0 aliphatic carbocycles.